The molecule has 5 heteroatoms. The van der Waals surface area contributed by atoms with Crippen molar-refractivity contribution >= 4 is 29.7 Å². The van der Waals surface area contributed by atoms with Crippen molar-refractivity contribution in [2.75, 3.05) is 0 Å². The Labute approximate surface area is 50.5 Å². The third kappa shape index (κ3) is 1.19. The molecule has 1 heterocycles. The number of rotatable bonds is 0. The van der Waals surface area contributed by atoms with Crippen molar-refractivity contribution in [3.8, 4) is 0 Å². The summed E-state index contributed by atoms with van der Waals surface area (Å²) < 4.78 is 0.928. The number of aliphatic imine (C=N–C) groups is 1. The molecular weight excluding hydrogens is 139 g/mol. The molecule has 0 radical (unpaired) electrons. The second-order valence-electron chi connectivity index (χ2n) is 0.934. The van der Waals surface area contributed by atoms with E-state index in [0.29, 0.717) is 0 Å². The number of nitrogens with zero attached hydrogens (tertiary/aromatic N) is 2. The molecule has 1 unspecified atom stereocenters. The van der Waals surface area contributed by atoms with Crippen LogP contribution in [0, 0.1) is 0 Å². The average molecular weight is 141 g/mol. The summed E-state index contributed by atoms with van der Waals surface area (Å²) in [6.45, 7) is 0. The van der Waals surface area contributed by atoms with E-state index < -0.39 is 5.69 Å². The van der Waals surface area contributed by atoms with Crippen molar-refractivity contribution in [3.63, 3.8) is 0 Å². The zero-order chi connectivity index (χ0) is 5.28. The molecule has 0 amide bonds. The van der Waals surface area contributed by atoms with Crippen LogP contribution in [0.2, 0.25) is 0 Å². The zero-order valence-corrected chi connectivity index (χ0v) is 4.73. The molecule has 1 aliphatic rings. The van der Waals surface area contributed by atoms with Gasteiger partial charge in [-0.05, 0) is 0 Å². The molecule has 1 rings (SSSR count). The number of halogens is 2. The lowest BCUT2D eigenvalue weighted by molar-refractivity contribution is -0.0180. The molecule has 0 saturated heterocycles. The van der Waals surface area contributed by atoms with E-state index >= 15 is 0 Å². The van der Waals surface area contributed by atoms with Gasteiger partial charge in [0.1, 0.15) is 6.34 Å². The summed E-state index contributed by atoms with van der Waals surface area (Å²) in [4.78, 5) is 8.03. The van der Waals surface area contributed by atoms with Crippen molar-refractivity contribution in [3.05, 3.63) is 0 Å². The van der Waals surface area contributed by atoms with E-state index in [1.54, 1.807) is 0 Å². The smallest absolute Gasteiger partial charge is 0.223 e. The summed E-state index contributed by atoms with van der Waals surface area (Å²) >= 11 is 10.4. The van der Waals surface area contributed by atoms with Gasteiger partial charge in [-0.2, -0.15) is 0 Å². The van der Waals surface area contributed by atoms with Gasteiger partial charge in [0.05, 0.1) is 0 Å². The molecule has 0 fully saturated rings. The molecule has 7 heavy (non-hydrogen) atoms. The highest BCUT2D eigenvalue weighted by Crippen LogP contribution is 2.10. The first-order valence-corrected chi connectivity index (χ1v) is 2.35. The topological polar surface area (TPSA) is 24.8 Å². The molecule has 1 atom stereocenters. The van der Waals surface area contributed by atoms with Crippen LogP contribution >= 0.6 is 23.4 Å². The Balaban J connectivity index is 2.42. The van der Waals surface area contributed by atoms with Gasteiger partial charge in [-0.3, -0.25) is 0 Å². The quantitative estimate of drug-likeness (QED) is 0.285. The molecule has 40 valence electrons. The fraction of sp³-hybridized carbons (Fsp3) is 0.500. The number of hydroxylamine groups is 1. The molecule has 3 nitrogen and oxygen atoms in total. The van der Waals surface area contributed by atoms with Crippen LogP contribution < -0.4 is 0 Å². The fourth-order valence-electron chi connectivity index (χ4n) is 0.242. The van der Waals surface area contributed by atoms with E-state index in [-0.39, 0.29) is 0 Å². The van der Waals surface area contributed by atoms with Crippen molar-refractivity contribution in [2.24, 2.45) is 4.99 Å². The van der Waals surface area contributed by atoms with Crippen LogP contribution in [0.3, 0.4) is 0 Å². The first-order valence-electron chi connectivity index (χ1n) is 1.58. The summed E-state index contributed by atoms with van der Waals surface area (Å²) in [5.74, 6) is 0. The lowest BCUT2D eigenvalue weighted by Gasteiger charge is -1.98. The van der Waals surface area contributed by atoms with Crippen LogP contribution in [0.1, 0.15) is 0 Å². The molecule has 0 N–H and O–H groups in total. The largest absolute Gasteiger partial charge is 0.253 e. The standard InChI is InChI=1S/C2H2Cl2N2O/c3-2-5-1-6(4)7-2/h1-2H. The van der Waals surface area contributed by atoms with Gasteiger partial charge in [-0.15, -0.1) is 4.58 Å². The Kier molecular flexibility index (Phi) is 1.37. The van der Waals surface area contributed by atoms with Crippen molar-refractivity contribution in [2.45, 2.75) is 5.69 Å². The van der Waals surface area contributed by atoms with Crippen molar-refractivity contribution in [1.82, 2.24) is 4.58 Å². The summed E-state index contributed by atoms with van der Waals surface area (Å²) in [6, 6.07) is 0. The van der Waals surface area contributed by atoms with Gasteiger partial charge < -0.3 is 0 Å². The maximum absolute atomic E-state index is 5.26. The Hall–Kier alpha value is 0.01000. The second-order valence-corrected chi connectivity index (χ2v) is 1.64. The molecule has 0 aromatic heterocycles. The van der Waals surface area contributed by atoms with E-state index in [0.717, 1.165) is 4.58 Å². The highest BCUT2D eigenvalue weighted by Gasteiger charge is 2.11. The Morgan fingerprint density at radius 3 is 2.71 bits per heavy atom. The molecule has 0 aliphatic carbocycles. The number of hydrogen-bond donors (Lipinski definition) is 0. The Bertz CT molecular complexity index is 85.7. The van der Waals surface area contributed by atoms with Gasteiger partial charge in [-0.25, -0.2) is 9.83 Å². The van der Waals surface area contributed by atoms with Crippen LogP contribution in [-0.4, -0.2) is 16.6 Å². The lowest BCUT2D eigenvalue weighted by atomic mass is 11.2. The first kappa shape index (κ1) is 5.15. The van der Waals surface area contributed by atoms with Crippen molar-refractivity contribution < 1.29 is 4.84 Å². The van der Waals surface area contributed by atoms with E-state index in [4.69, 9.17) is 23.4 Å². The van der Waals surface area contributed by atoms with Crippen LogP contribution in [0.5, 0.6) is 0 Å². The van der Waals surface area contributed by atoms with Gasteiger partial charge in [0.2, 0.25) is 0 Å². The SMILES string of the molecule is ClC1N=CN(Cl)O1. The molecule has 0 saturated carbocycles. The monoisotopic (exact) mass is 140 g/mol. The maximum atomic E-state index is 5.26. The van der Waals surface area contributed by atoms with Gasteiger partial charge in [0, 0.05) is 11.8 Å². The highest BCUT2D eigenvalue weighted by atomic mass is 35.5. The van der Waals surface area contributed by atoms with Gasteiger partial charge in [-0.1, -0.05) is 11.6 Å². The van der Waals surface area contributed by atoms with E-state index in [9.17, 15) is 0 Å². The summed E-state index contributed by atoms with van der Waals surface area (Å²) in [6.07, 6.45) is 1.29. The number of hydrogen-bond acceptors (Lipinski definition) is 3. The van der Waals surface area contributed by atoms with Crippen LogP contribution in [0.15, 0.2) is 4.99 Å². The summed E-state index contributed by atoms with van der Waals surface area (Å²) in [5.41, 5.74) is -0.641. The van der Waals surface area contributed by atoms with Crippen LogP contribution in [-0.2, 0) is 4.84 Å². The number of alkyl halides is 1. The maximum Gasteiger partial charge on any atom is 0.253 e. The highest BCUT2D eigenvalue weighted by molar-refractivity contribution is 6.22. The zero-order valence-electron chi connectivity index (χ0n) is 3.21. The molecule has 1 aliphatic heterocycles. The minimum Gasteiger partial charge on any atom is -0.223 e. The van der Waals surface area contributed by atoms with Gasteiger partial charge in [0.15, 0.2) is 0 Å². The minimum absolute atomic E-state index is 0.641. The molecule has 0 spiro atoms. The van der Waals surface area contributed by atoms with Crippen LogP contribution in [0.25, 0.3) is 0 Å². The van der Waals surface area contributed by atoms with E-state index in [1.165, 1.54) is 6.34 Å². The third-order valence-electron chi connectivity index (χ3n) is 0.462. The minimum atomic E-state index is -0.641. The molecular formula is C2H2Cl2N2O. The predicted octanol–water partition coefficient (Wildman–Crippen LogP) is 0.938. The normalized spacial score (nSPS) is 29.4. The fourth-order valence-corrected chi connectivity index (χ4v) is 0.545. The summed E-state index contributed by atoms with van der Waals surface area (Å²) in [5, 5.41) is 0. The Morgan fingerprint density at radius 2 is 2.57 bits per heavy atom. The van der Waals surface area contributed by atoms with Gasteiger partial charge >= 0.3 is 0 Å². The molecule has 0 aromatic rings. The van der Waals surface area contributed by atoms with Crippen LogP contribution in [0.4, 0.5) is 0 Å². The first-order chi connectivity index (χ1) is 3.29. The summed E-state index contributed by atoms with van der Waals surface area (Å²) in [7, 11) is 0. The van der Waals surface area contributed by atoms with E-state index in [2.05, 4.69) is 9.83 Å². The van der Waals surface area contributed by atoms with Gasteiger partial charge in [0.25, 0.3) is 5.69 Å². The second kappa shape index (κ2) is 1.86. The molecule has 0 aromatic carbocycles. The average Bonchev–Trinajstić information content (AvgIpc) is 1.87. The lowest BCUT2D eigenvalue weighted by Crippen LogP contribution is -2.04. The van der Waals surface area contributed by atoms with Crippen molar-refractivity contribution in [1.29, 1.82) is 0 Å². The van der Waals surface area contributed by atoms with E-state index in [1.807, 2.05) is 0 Å². The third-order valence-corrected chi connectivity index (χ3v) is 0.822. The molecule has 0 bridgehead atoms. The predicted molar refractivity (Wildman–Crippen MR) is 26.9 cm³/mol. The Morgan fingerprint density at radius 1 is 1.86 bits per heavy atom.